The molecule has 0 aliphatic carbocycles. The van der Waals surface area contributed by atoms with Crippen LogP contribution in [0.1, 0.15) is 13.3 Å². The summed E-state index contributed by atoms with van der Waals surface area (Å²) >= 11 is 0. The number of hydrogen-bond donors (Lipinski definition) is 4. The first-order valence-corrected chi connectivity index (χ1v) is 10.2. The number of fused-ring (bicyclic) bond motifs is 1. The van der Waals surface area contributed by atoms with E-state index in [0.717, 1.165) is 6.07 Å². The molecule has 160 valence electrons. The summed E-state index contributed by atoms with van der Waals surface area (Å²) in [6, 6.07) is 0.0917. The molecule has 2 heterocycles. The largest absolute Gasteiger partial charge is 0.365 e. The Labute approximate surface area is 166 Å². The number of nitrogens with zero attached hydrogens (tertiary/aromatic N) is 1. The molecule has 3 rings (SSSR count). The average Bonchev–Trinajstić information content (AvgIpc) is 2.67. The lowest BCUT2D eigenvalue weighted by Gasteiger charge is -2.36. The van der Waals surface area contributed by atoms with Gasteiger partial charge in [0.25, 0.3) is 10.0 Å². The number of benzene rings is 1. The van der Waals surface area contributed by atoms with Crippen LogP contribution in [0.15, 0.2) is 17.0 Å². The van der Waals surface area contributed by atoms with E-state index in [-0.39, 0.29) is 22.1 Å². The summed E-state index contributed by atoms with van der Waals surface area (Å²) in [6.45, 7) is 1.47. The van der Waals surface area contributed by atoms with Crippen LogP contribution in [-0.4, -0.2) is 57.1 Å². The van der Waals surface area contributed by atoms with Gasteiger partial charge in [0.2, 0.25) is 5.91 Å². The van der Waals surface area contributed by atoms with Crippen LogP contribution in [0.3, 0.4) is 0 Å². The second kappa shape index (κ2) is 8.18. The monoisotopic (exact) mass is 433 g/mol. The summed E-state index contributed by atoms with van der Waals surface area (Å²) in [5.74, 6) is -3.90. The molecule has 1 aromatic rings. The second-order valence-electron chi connectivity index (χ2n) is 6.72. The number of hydrazine groups is 1. The van der Waals surface area contributed by atoms with Crippen LogP contribution in [0.5, 0.6) is 0 Å². The predicted molar refractivity (Wildman–Crippen MR) is 96.9 cm³/mol. The molecule has 1 aromatic carbocycles. The number of carbonyl (C=O) groups is 2. The molecule has 2 unspecified atom stereocenters. The Hall–Kier alpha value is -2.35. The molecule has 0 saturated carbocycles. The minimum atomic E-state index is -4.76. The van der Waals surface area contributed by atoms with Crippen molar-refractivity contribution in [2.45, 2.75) is 30.5 Å². The van der Waals surface area contributed by atoms with Crippen LogP contribution < -0.4 is 21.5 Å². The first kappa shape index (κ1) is 21.4. The number of ether oxygens (including phenoxy) is 1. The third-order valence-corrected chi connectivity index (χ3v) is 6.66. The summed E-state index contributed by atoms with van der Waals surface area (Å²) in [6.07, 6.45) is 0.290. The van der Waals surface area contributed by atoms with Gasteiger partial charge < -0.3 is 15.4 Å². The number of urea groups is 1. The first-order valence-electron chi connectivity index (χ1n) is 8.79. The normalized spacial score (nSPS) is 24.4. The van der Waals surface area contributed by atoms with Crippen LogP contribution in [-0.2, 0) is 19.6 Å². The van der Waals surface area contributed by atoms with Gasteiger partial charge in [-0.15, -0.1) is 0 Å². The molecule has 0 bridgehead atoms. The van der Waals surface area contributed by atoms with Gasteiger partial charge in [0.05, 0.1) is 5.69 Å². The zero-order valence-electron chi connectivity index (χ0n) is 15.7. The Kier molecular flexibility index (Phi) is 6.03. The Morgan fingerprint density at radius 2 is 2.14 bits per heavy atom. The molecule has 3 amide bonds. The summed E-state index contributed by atoms with van der Waals surface area (Å²) in [7, 11) is -3.26. The zero-order valence-corrected chi connectivity index (χ0v) is 16.5. The Bertz CT molecular complexity index is 929. The van der Waals surface area contributed by atoms with Gasteiger partial charge in [-0.1, -0.05) is 0 Å². The Balaban J connectivity index is 1.76. The van der Waals surface area contributed by atoms with Crippen molar-refractivity contribution in [2.24, 2.45) is 5.92 Å². The SMILES string of the molecule is COC1NNCCC1[C@H](C)NC(=O)CN1C(=O)Nc2ccc(F)c(F)c2S1(=O)=O. The highest BCUT2D eigenvalue weighted by Crippen LogP contribution is 2.33. The molecule has 10 nitrogen and oxygen atoms in total. The van der Waals surface area contributed by atoms with E-state index in [0.29, 0.717) is 19.0 Å². The third-order valence-electron chi connectivity index (χ3n) is 4.87. The quantitative estimate of drug-likeness (QED) is 0.518. The molecule has 0 spiro atoms. The van der Waals surface area contributed by atoms with E-state index in [1.54, 1.807) is 6.92 Å². The minimum absolute atomic E-state index is 0.121. The number of methoxy groups -OCH3 is 1. The van der Waals surface area contributed by atoms with Gasteiger partial charge in [-0.2, -0.15) is 0 Å². The van der Waals surface area contributed by atoms with E-state index in [1.165, 1.54) is 7.11 Å². The average molecular weight is 433 g/mol. The predicted octanol–water partition coefficient (Wildman–Crippen LogP) is 0.0923. The molecule has 1 fully saturated rings. The van der Waals surface area contributed by atoms with E-state index in [1.807, 2.05) is 0 Å². The van der Waals surface area contributed by atoms with Crippen molar-refractivity contribution >= 4 is 27.6 Å². The van der Waals surface area contributed by atoms with Crippen molar-refractivity contribution < 1.29 is 31.5 Å². The van der Waals surface area contributed by atoms with Gasteiger partial charge in [0.1, 0.15) is 17.7 Å². The van der Waals surface area contributed by atoms with Crippen molar-refractivity contribution in [1.82, 2.24) is 20.5 Å². The molecule has 2 aliphatic rings. The summed E-state index contributed by atoms with van der Waals surface area (Å²) in [4.78, 5) is 23.6. The third kappa shape index (κ3) is 4.03. The van der Waals surface area contributed by atoms with E-state index >= 15 is 0 Å². The lowest BCUT2D eigenvalue weighted by atomic mass is 9.94. The Morgan fingerprint density at radius 1 is 1.41 bits per heavy atom. The van der Waals surface area contributed by atoms with Crippen LogP contribution in [0, 0.1) is 17.6 Å². The van der Waals surface area contributed by atoms with Gasteiger partial charge in [-0.25, -0.2) is 31.7 Å². The number of amides is 3. The second-order valence-corrected chi connectivity index (χ2v) is 8.52. The molecule has 3 atom stereocenters. The number of nitrogens with one attached hydrogen (secondary N) is 4. The maximum atomic E-state index is 14.1. The zero-order chi connectivity index (χ0) is 21.3. The van der Waals surface area contributed by atoms with Crippen molar-refractivity contribution in [3.05, 3.63) is 23.8 Å². The maximum absolute atomic E-state index is 14.1. The van der Waals surface area contributed by atoms with Gasteiger partial charge >= 0.3 is 6.03 Å². The van der Waals surface area contributed by atoms with E-state index < -0.39 is 51.1 Å². The fourth-order valence-electron chi connectivity index (χ4n) is 3.39. The van der Waals surface area contributed by atoms with Crippen molar-refractivity contribution in [2.75, 3.05) is 25.5 Å². The van der Waals surface area contributed by atoms with Gasteiger partial charge in [-0.3, -0.25) is 10.2 Å². The molecular weight excluding hydrogens is 412 g/mol. The number of sulfonamides is 1. The first-order chi connectivity index (χ1) is 13.7. The molecule has 4 N–H and O–H groups in total. The molecule has 13 heteroatoms. The van der Waals surface area contributed by atoms with Crippen molar-refractivity contribution in [3.63, 3.8) is 0 Å². The van der Waals surface area contributed by atoms with Gasteiger partial charge in [0.15, 0.2) is 11.6 Å². The summed E-state index contributed by atoms with van der Waals surface area (Å²) in [5.41, 5.74) is 5.47. The fourth-order valence-corrected chi connectivity index (χ4v) is 4.88. The number of anilines is 1. The van der Waals surface area contributed by atoms with Crippen molar-refractivity contribution in [1.29, 1.82) is 0 Å². The number of halogens is 2. The smallest absolute Gasteiger partial charge is 0.336 e. The van der Waals surface area contributed by atoms with E-state index in [2.05, 4.69) is 21.5 Å². The number of carbonyl (C=O) groups excluding carboxylic acids is 2. The molecule has 2 aliphatic heterocycles. The topological polar surface area (TPSA) is 129 Å². The molecule has 1 saturated heterocycles. The van der Waals surface area contributed by atoms with E-state index in [9.17, 15) is 26.8 Å². The molecule has 0 radical (unpaired) electrons. The fraction of sp³-hybridized carbons (Fsp3) is 0.500. The summed E-state index contributed by atoms with van der Waals surface area (Å²) < 4.78 is 58.4. The lowest BCUT2D eigenvalue weighted by Crippen LogP contribution is -2.58. The van der Waals surface area contributed by atoms with Gasteiger partial charge in [0, 0.05) is 25.6 Å². The highest BCUT2D eigenvalue weighted by molar-refractivity contribution is 7.90. The van der Waals surface area contributed by atoms with E-state index in [4.69, 9.17) is 4.74 Å². The number of hydrogen-bond acceptors (Lipinski definition) is 7. The highest BCUT2D eigenvalue weighted by Gasteiger charge is 2.41. The number of rotatable bonds is 5. The lowest BCUT2D eigenvalue weighted by molar-refractivity contribution is -0.122. The molecule has 29 heavy (non-hydrogen) atoms. The summed E-state index contributed by atoms with van der Waals surface area (Å²) in [5, 5.41) is 4.78. The van der Waals surface area contributed by atoms with Crippen molar-refractivity contribution in [3.8, 4) is 0 Å². The minimum Gasteiger partial charge on any atom is -0.365 e. The van der Waals surface area contributed by atoms with Crippen LogP contribution >= 0.6 is 0 Å². The standard InChI is InChI=1S/C16H21F2N5O5S/c1-8(9-5-6-19-22-15(9)28-2)20-12(24)7-23-16(25)21-11-4-3-10(17)13(18)14(11)29(23,26)27/h3-4,8-9,15,19,22H,5-7H2,1-2H3,(H,20,24)(H,21,25)/t8-,9?,15?/m0/s1. The molecule has 0 aromatic heterocycles. The maximum Gasteiger partial charge on any atom is 0.336 e. The van der Waals surface area contributed by atoms with Crippen LogP contribution in [0.2, 0.25) is 0 Å². The highest BCUT2D eigenvalue weighted by atomic mass is 32.2. The van der Waals surface area contributed by atoms with Crippen LogP contribution in [0.4, 0.5) is 19.3 Å². The Morgan fingerprint density at radius 3 is 2.83 bits per heavy atom. The van der Waals surface area contributed by atoms with Gasteiger partial charge in [-0.05, 0) is 25.5 Å². The van der Waals surface area contributed by atoms with Crippen LogP contribution in [0.25, 0.3) is 0 Å². The molecular formula is C16H21F2N5O5S.